The van der Waals surface area contributed by atoms with Crippen LogP contribution in [0.25, 0.3) is 55.3 Å². The molecule has 10 heteroatoms. The maximum absolute atomic E-state index is 11.8. The number of hydrogen-bond acceptors (Lipinski definition) is 8. The Bertz CT molecular complexity index is 1730. The van der Waals surface area contributed by atoms with Crippen LogP contribution in [0.3, 0.4) is 0 Å². The highest BCUT2D eigenvalue weighted by molar-refractivity contribution is 7.17. The summed E-state index contributed by atoms with van der Waals surface area (Å²) in [5.74, 6) is 0.655. The van der Waals surface area contributed by atoms with Crippen LogP contribution in [0.2, 0.25) is 0 Å². The van der Waals surface area contributed by atoms with Gasteiger partial charge in [0, 0.05) is 47.9 Å². The molecule has 0 aliphatic rings. The number of thiophene rings is 1. The van der Waals surface area contributed by atoms with E-state index in [1.165, 1.54) is 11.3 Å². The van der Waals surface area contributed by atoms with Gasteiger partial charge in [0.1, 0.15) is 5.69 Å². The first-order valence-corrected chi connectivity index (χ1v) is 11.7. The van der Waals surface area contributed by atoms with Gasteiger partial charge in [-0.1, -0.05) is 0 Å². The number of imidazole rings is 1. The van der Waals surface area contributed by atoms with E-state index in [-0.39, 0.29) is 5.78 Å². The first-order valence-electron chi connectivity index (χ1n) is 10.9. The highest BCUT2D eigenvalue weighted by Gasteiger charge is 2.18. The number of fused-ring (bicyclic) bond motifs is 2. The van der Waals surface area contributed by atoms with Gasteiger partial charge in [-0.25, -0.2) is 9.97 Å². The Morgan fingerprint density at radius 1 is 1.06 bits per heavy atom. The van der Waals surface area contributed by atoms with E-state index in [0.29, 0.717) is 17.2 Å². The van der Waals surface area contributed by atoms with Crippen LogP contribution in [0, 0.1) is 0 Å². The second-order valence-corrected chi connectivity index (χ2v) is 9.46. The summed E-state index contributed by atoms with van der Waals surface area (Å²) in [4.78, 5) is 37.0. The number of anilines is 1. The Labute approximate surface area is 203 Å². The minimum Gasteiger partial charge on any atom is -0.376 e. The van der Waals surface area contributed by atoms with Crippen molar-refractivity contribution < 1.29 is 4.79 Å². The van der Waals surface area contributed by atoms with Gasteiger partial charge in [-0.05, 0) is 37.3 Å². The highest BCUT2D eigenvalue weighted by atomic mass is 32.1. The van der Waals surface area contributed by atoms with E-state index in [9.17, 15) is 4.79 Å². The van der Waals surface area contributed by atoms with Crippen molar-refractivity contribution in [3.05, 3.63) is 60.0 Å². The lowest BCUT2D eigenvalue weighted by molar-refractivity contribution is 0.102. The Hall–Kier alpha value is -4.44. The first-order chi connectivity index (χ1) is 17.0. The molecule has 9 nitrogen and oxygen atoms in total. The number of ketones is 1. The van der Waals surface area contributed by atoms with Gasteiger partial charge in [0.15, 0.2) is 17.3 Å². The van der Waals surface area contributed by atoms with Crippen molar-refractivity contribution >= 4 is 44.9 Å². The summed E-state index contributed by atoms with van der Waals surface area (Å²) >= 11 is 1.46. The number of carbonyl (C=O) groups excluding carboxylic acids is 1. The van der Waals surface area contributed by atoms with Gasteiger partial charge in [0.2, 0.25) is 0 Å². The number of aromatic amines is 2. The topological polar surface area (TPSA) is 116 Å². The van der Waals surface area contributed by atoms with Crippen LogP contribution < -0.4 is 4.90 Å². The first kappa shape index (κ1) is 21.1. The number of carbonyl (C=O) groups is 1. The molecule has 0 saturated carbocycles. The zero-order valence-corrected chi connectivity index (χ0v) is 20.0. The Kier molecular flexibility index (Phi) is 4.89. The van der Waals surface area contributed by atoms with Gasteiger partial charge in [0.05, 0.1) is 39.7 Å². The molecule has 6 aromatic rings. The third-order valence-electron chi connectivity index (χ3n) is 5.82. The van der Waals surface area contributed by atoms with Crippen LogP contribution in [0.5, 0.6) is 0 Å². The normalized spacial score (nSPS) is 11.4. The molecule has 0 fully saturated rings. The molecule has 172 valence electrons. The largest absolute Gasteiger partial charge is 0.376 e. The standard InChI is InChI=1S/C25H20N8OS/c1-13(34)20-4-5-21(35-20)16-6-7-27-24-22(16)29-25(30-24)23-17-9-18(28-12-19(17)31-32-23)14-8-15(33(2)3)11-26-10-14/h4-12H,1-3H3,(H,31,32)(H,27,29,30). The number of aromatic nitrogens is 7. The molecule has 0 saturated heterocycles. The van der Waals surface area contributed by atoms with Crippen LogP contribution >= 0.6 is 11.3 Å². The van der Waals surface area contributed by atoms with Crippen molar-refractivity contribution in [2.75, 3.05) is 19.0 Å². The Balaban J connectivity index is 1.46. The van der Waals surface area contributed by atoms with Crippen molar-refractivity contribution in [1.29, 1.82) is 0 Å². The van der Waals surface area contributed by atoms with Crippen LogP contribution in [0.15, 0.2) is 55.1 Å². The summed E-state index contributed by atoms with van der Waals surface area (Å²) in [6.45, 7) is 1.57. The van der Waals surface area contributed by atoms with Crippen LogP contribution in [0.4, 0.5) is 5.69 Å². The van der Waals surface area contributed by atoms with Crippen LogP contribution in [0.1, 0.15) is 16.6 Å². The maximum atomic E-state index is 11.8. The monoisotopic (exact) mass is 480 g/mol. The van der Waals surface area contributed by atoms with Gasteiger partial charge >= 0.3 is 0 Å². The molecule has 0 bridgehead atoms. The summed E-state index contributed by atoms with van der Waals surface area (Å²) in [5, 5.41) is 8.46. The predicted octanol–water partition coefficient (Wildman–Crippen LogP) is 4.96. The van der Waals surface area contributed by atoms with Gasteiger partial charge < -0.3 is 9.88 Å². The lowest BCUT2D eigenvalue weighted by Crippen LogP contribution is -2.08. The lowest BCUT2D eigenvalue weighted by atomic mass is 10.1. The number of H-pyrrole nitrogens is 2. The number of nitrogens with zero attached hydrogens (tertiary/aromatic N) is 6. The van der Waals surface area contributed by atoms with Crippen molar-refractivity contribution in [1.82, 2.24) is 35.1 Å². The number of nitrogens with one attached hydrogen (secondary N) is 2. The molecule has 6 rings (SSSR count). The number of pyridine rings is 3. The molecule has 0 unspecified atom stereocenters. The third kappa shape index (κ3) is 3.64. The molecule has 0 aromatic carbocycles. The minimum atomic E-state index is 0.0515. The second-order valence-electron chi connectivity index (χ2n) is 8.38. The molecule has 0 aliphatic heterocycles. The maximum Gasteiger partial charge on any atom is 0.178 e. The Morgan fingerprint density at radius 2 is 1.94 bits per heavy atom. The molecular weight excluding hydrogens is 460 g/mol. The summed E-state index contributed by atoms with van der Waals surface area (Å²) in [5.41, 5.74) is 6.52. The van der Waals surface area contributed by atoms with Crippen molar-refractivity contribution in [3.8, 4) is 33.2 Å². The zero-order valence-electron chi connectivity index (χ0n) is 19.2. The second kappa shape index (κ2) is 8.10. The SMILES string of the molecule is CC(=O)c1ccc(-c2ccnc3nc(-c4n[nH]c5cnc(-c6cncc(N(C)C)c6)cc45)[nH]c23)s1. The van der Waals surface area contributed by atoms with Gasteiger partial charge in [0.25, 0.3) is 0 Å². The van der Waals surface area contributed by atoms with E-state index < -0.39 is 0 Å². The third-order valence-corrected chi connectivity index (χ3v) is 7.04. The summed E-state index contributed by atoms with van der Waals surface area (Å²) < 4.78 is 0. The van der Waals surface area contributed by atoms with Gasteiger partial charge in [-0.15, -0.1) is 11.3 Å². The predicted molar refractivity (Wildman–Crippen MR) is 138 cm³/mol. The van der Waals surface area contributed by atoms with E-state index in [1.807, 2.05) is 49.5 Å². The molecule has 6 heterocycles. The summed E-state index contributed by atoms with van der Waals surface area (Å²) in [6.07, 6.45) is 7.11. The molecule has 35 heavy (non-hydrogen) atoms. The van der Waals surface area contributed by atoms with Crippen molar-refractivity contribution in [3.63, 3.8) is 0 Å². The fourth-order valence-electron chi connectivity index (χ4n) is 3.97. The Morgan fingerprint density at radius 3 is 2.74 bits per heavy atom. The summed E-state index contributed by atoms with van der Waals surface area (Å²) in [7, 11) is 3.96. The van der Waals surface area contributed by atoms with E-state index in [2.05, 4.69) is 36.2 Å². The molecule has 0 spiro atoms. The van der Waals surface area contributed by atoms with Crippen LogP contribution in [-0.2, 0) is 0 Å². The number of hydrogen-bond donors (Lipinski definition) is 2. The van der Waals surface area contributed by atoms with E-state index in [0.717, 1.165) is 48.7 Å². The van der Waals surface area contributed by atoms with Crippen molar-refractivity contribution in [2.45, 2.75) is 6.92 Å². The minimum absolute atomic E-state index is 0.0515. The fourth-order valence-corrected chi connectivity index (χ4v) is 4.90. The average Bonchev–Trinajstić information content (AvgIpc) is 3.61. The van der Waals surface area contributed by atoms with Crippen LogP contribution in [-0.4, -0.2) is 55.0 Å². The van der Waals surface area contributed by atoms with E-state index in [4.69, 9.17) is 4.98 Å². The summed E-state index contributed by atoms with van der Waals surface area (Å²) in [6, 6.07) is 9.77. The number of rotatable bonds is 5. The lowest BCUT2D eigenvalue weighted by Gasteiger charge is -2.12. The molecule has 0 aliphatic carbocycles. The van der Waals surface area contributed by atoms with E-state index >= 15 is 0 Å². The van der Waals surface area contributed by atoms with Crippen molar-refractivity contribution in [2.24, 2.45) is 0 Å². The quantitative estimate of drug-likeness (QED) is 0.335. The zero-order chi connectivity index (χ0) is 24.1. The number of Topliss-reactive ketones (excluding diaryl/α,β-unsaturated/α-hetero) is 1. The van der Waals surface area contributed by atoms with Gasteiger partial charge in [-0.2, -0.15) is 5.10 Å². The molecule has 0 radical (unpaired) electrons. The van der Waals surface area contributed by atoms with Gasteiger partial charge in [-0.3, -0.25) is 19.9 Å². The smallest absolute Gasteiger partial charge is 0.178 e. The fraction of sp³-hybridized carbons (Fsp3) is 0.120. The molecule has 2 N–H and O–H groups in total. The highest BCUT2D eigenvalue weighted by Crippen LogP contribution is 2.35. The molecule has 0 atom stereocenters. The van der Waals surface area contributed by atoms with E-state index in [1.54, 1.807) is 25.5 Å². The molecule has 6 aromatic heterocycles. The average molecular weight is 481 g/mol. The molecular formula is C25H20N8OS. The molecule has 0 amide bonds.